The van der Waals surface area contributed by atoms with Crippen molar-refractivity contribution in [1.29, 1.82) is 0 Å². The van der Waals surface area contributed by atoms with Crippen molar-refractivity contribution in [3.05, 3.63) is 22.8 Å². The van der Waals surface area contributed by atoms with Gasteiger partial charge in [0.2, 0.25) is 0 Å². The molecule has 1 aromatic rings. The maximum absolute atomic E-state index is 12.3. The van der Waals surface area contributed by atoms with Gasteiger partial charge in [-0.05, 0) is 44.4 Å². The van der Waals surface area contributed by atoms with Crippen LogP contribution >= 0.6 is 0 Å². The quantitative estimate of drug-likeness (QED) is 0.803. The maximum Gasteiger partial charge on any atom is 0.166 e. The van der Waals surface area contributed by atoms with E-state index in [1.165, 1.54) is 0 Å². The van der Waals surface area contributed by atoms with Crippen LogP contribution in [0.15, 0.2) is 6.07 Å². The van der Waals surface area contributed by atoms with Crippen LogP contribution in [0.5, 0.6) is 11.5 Å². The molecule has 0 aliphatic rings. The van der Waals surface area contributed by atoms with Gasteiger partial charge in [0, 0.05) is 12.5 Å². The Labute approximate surface area is 114 Å². The molecule has 1 aromatic carbocycles. The zero-order chi connectivity index (χ0) is 14.6. The monoisotopic (exact) mass is 265 g/mol. The van der Waals surface area contributed by atoms with Crippen LogP contribution in [0.2, 0.25) is 0 Å². The van der Waals surface area contributed by atoms with Gasteiger partial charge < -0.3 is 15.2 Å². The van der Waals surface area contributed by atoms with Crippen LogP contribution in [0.4, 0.5) is 0 Å². The number of ketones is 1. The number of nitrogens with two attached hydrogens (primary N) is 1. The Morgan fingerprint density at radius 1 is 1.26 bits per heavy atom. The van der Waals surface area contributed by atoms with E-state index in [1.54, 1.807) is 20.3 Å². The lowest BCUT2D eigenvalue weighted by atomic mass is 9.97. The number of carbonyl (C=O) groups is 1. The van der Waals surface area contributed by atoms with E-state index >= 15 is 0 Å². The van der Waals surface area contributed by atoms with E-state index in [9.17, 15) is 4.79 Å². The predicted molar refractivity (Wildman–Crippen MR) is 76.2 cm³/mol. The molecule has 1 atom stereocenters. The van der Waals surface area contributed by atoms with Gasteiger partial charge in [0.25, 0.3) is 0 Å². The fourth-order valence-corrected chi connectivity index (χ4v) is 2.04. The molecule has 0 aliphatic carbocycles. The maximum atomic E-state index is 12.3. The van der Waals surface area contributed by atoms with Crippen molar-refractivity contribution in [3.8, 4) is 11.5 Å². The molecule has 0 amide bonds. The summed E-state index contributed by atoms with van der Waals surface area (Å²) in [5, 5.41) is 0. The number of Topliss-reactive ketones (excluding diaryl/α,β-unsaturated/α-hetero) is 1. The van der Waals surface area contributed by atoms with Crippen LogP contribution < -0.4 is 15.2 Å². The summed E-state index contributed by atoms with van der Waals surface area (Å²) in [7, 11) is 3.18. The lowest BCUT2D eigenvalue weighted by Crippen LogP contribution is -2.16. The summed E-state index contributed by atoms with van der Waals surface area (Å²) in [5.74, 6) is 1.38. The molecule has 106 valence electrons. The average Bonchev–Trinajstić information content (AvgIpc) is 2.38. The number of hydrogen-bond acceptors (Lipinski definition) is 4. The average molecular weight is 265 g/mol. The number of carbonyl (C=O) groups excluding carboxylic acids is 1. The molecule has 1 unspecified atom stereocenters. The molecule has 0 spiro atoms. The van der Waals surface area contributed by atoms with Gasteiger partial charge in [-0.1, -0.05) is 0 Å². The standard InChI is InChI=1S/C15H23NO3/c1-9(16)6-7-13(17)12-8-14(18-4)10(2)11(3)15(12)19-5/h8-9H,6-7,16H2,1-5H3. The lowest BCUT2D eigenvalue weighted by Gasteiger charge is -2.16. The SMILES string of the molecule is COc1cc(C(=O)CCC(C)N)c(OC)c(C)c1C. The highest BCUT2D eigenvalue weighted by Crippen LogP contribution is 2.34. The van der Waals surface area contributed by atoms with Crippen molar-refractivity contribution in [3.63, 3.8) is 0 Å². The first-order valence-electron chi connectivity index (χ1n) is 6.43. The van der Waals surface area contributed by atoms with Crippen molar-refractivity contribution in [2.24, 2.45) is 5.73 Å². The van der Waals surface area contributed by atoms with Crippen LogP contribution in [0.1, 0.15) is 41.3 Å². The Kier molecular flexibility index (Phi) is 5.36. The van der Waals surface area contributed by atoms with Gasteiger partial charge in [0.05, 0.1) is 19.8 Å². The molecular weight excluding hydrogens is 242 g/mol. The van der Waals surface area contributed by atoms with Gasteiger partial charge in [-0.2, -0.15) is 0 Å². The molecule has 2 N–H and O–H groups in total. The highest BCUT2D eigenvalue weighted by molar-refractivity contribution is 5.99. The molecule has 1 rings (SSSR count). The third kappa shape index (κ3) is 3.47. The van der Waals surface area contributed by atoms with E-state index in [1.807, 2.05) is 20.8 Å². The molecule has 0 radical (unpaired) electrons. The van der Waals surface area contributed by atoms with Crippen molar-refractivity contribution in [2.75, 3.05) is 14.2 Å². The first-order valence-corrected chi connectivity index (χ1v) is 6.43. The molecule has 4 heteroatoms. The zero-order valence-electron chi connectivity index (χ0n) is 12.4. The third-order valence-electron chi connectivity index (χ3n) is 3.34. The highest BCUT2D eigenvalue weighted by atomic mass is 16.5. The molecule has 19 heavy (non-hydrogen) atoms. The Bertz CT molecular complexity index is 467. The van der Waals surface area contributed by atoms with Crippen LogP contribution in [0.3, 0.4) is 0 Å². The number of benzene rings is 1. The summed E-state index contributed by atoms with van der Waals surface area (Å²) in [4.78, 5) is 12.3. The third-order valence-corrected chi connectivity index (χ3v) is 3.34. The van der Waals surface area contributed by atoms with E-state index in [4.69, 9.17) is 15.2 Å². The predicted octanol–water partition coefficient (Wildman–Crippen LogP) is 2.63. The van der Waals surface area contributed by atoms with Crippen LogP contribution in [0, 0.1) is 13.8 Å². The Hall–Kier alpha value is -1.55. The fourth-order valence-electron chi connectivity index (χ4n) is 2.04. The number of methoxy groups -OCH3 is 2. The number of rotatable bonds is 6. The second kappa shape index (κ2) is 6.57. The van der Waals surface area contributed by atoms with E-state index in [0.29, 0.717) is 29.9 Å². The van der Waals surface area contributed by atoms with Crippen LogP contribution in [-0.4, -0.2) is 26.0 Å². The molecule has 0 aliphatic heterocycles. The largest absolute Gasteiger partial charge is 0.496 e. The van der Waals surface area contributed by atoms with E-state index in [0.717, 1.165) is 11.1 Å². The van der Waals surface area contributed by atoms with E-state index < -0.39 is 0 Å². The van der Waals surface area contributed by atoms with Gasteiger partial charge in [-0.3, -0.25) is 4.79 Å². The van der Waals surface area contributed by atoms with Crippen molar-refractivity contribution < 1.29 is 14.3 Å². The minimum atomic E-state index is 0.0170. The number of ether oxygens (including phenoxy) is 2. The molecule has 0 saturated heterocycles. The van der Waals surface area contributed by atoms with E-state index in [-0.39, 0.29) is 11.8 Å². The Morgan fingerprint density at radius 2 is 1.89 bits per heavy atom. The first kappa shape index (κ1) is 15.5. The zero-order valence-corrected chi connectivity index (χ0v) is 12.4. The van der Waals surface area contributed by atoms with E-state index in [2.05, 4.69) is 0 Å². The summed E-state index contributed by atoms with van der Waals surface area (Å²) in [6, 6.07) is 1.77. The Balaban J connectivity index is 3.18. The lowest BCUT2D eigenvalue weighted by molar-refractivity contribution is 0.0974. The molecule has 0 fully saturated rings. The Morgan fingerprint density at radius 3 is 2.37 bits per heavy atom. The second-order valence-corrected chi connectivity index (χ2v) is 4.85. The van der Waals surface area contributed by atoms with Gasteiger partial charge in [0.15, 0.2) is 5.78 Å². The molecule has 0 heterocycles. The molecule has 0 bridgehead atoms. The van der Waals surface area contributed by atoms with Gasteiger partial charge >= 0.3 is 0 Å². The summed E-state index contributed by atoms with van der Waals surface area (Å²) in [5.41, 5.74) is 8.19. The molecule has 0 aromatic heterocycles. The summed E-state index contributed by atoms with van der Waals surface area (Å²) >= 11 is 0. The van der Waals surface area contributed by atoms with Gasteiger partial charge in [-0.25, -0.2) is 0 Å². The molecular formula is C15H23NO3. The second-order valence-electron chi connectivity index (χ2n) is 4.85. The van der Waals surface area contributed by atoms with Crippen LogP contribution in [-0.2, 0) is 0 Å². The minimum Gasteiger partial charge on any atom is -0.496 e. The smallest absolute Gasteiger partial charge is 0.166 e. The van der Waals surface area contributed by atoms with Gasteiger partial charge in [0.1, 0.15) is 11.5 Å². The van der Waals surface area contributed by atoms with Crippen LogP contribution in [0.25, 0.3) is 0 Å². The van der Waals surface area contributed by atoms with Gasteiger partial charge in [-0.15, -0.1) is 0 Å². The normalized spacial score (nSPS) is 12.1. The highest BCUT2D eigenvalue weighted by Gasteiger charge is 2.19. The topological polar surface area (TPSA) is 61.5 Å². The summed E-state index contributed by atoms with van der Waals surface area (Å²) in [6.07, 6.45) is 1.08. The summed E-state index contributed by atoms with van der Waals surface area (Å²) in [6.45, 7) is 5.78. The molecule has 0 saturated carbocycles. The number of hydrogen-bond donors (Lipinski definition) is 1. The summed E-state index contributed by atoms with van der Waals surface area (Å²) < 4.78 is 10.7. The molecule has 4 nitrogen and oxygen atoms in total. The minimum absolute atomic E-state index is 0.0170. The first-order chi connectivity index (χ1) is 8.92. The fraction of sp³-hybridized carbons (Fsp3) is 0.533. The van der Waals surface area contributed by atoms with Crippen molar-refractivity contribution in [1.82, 2.24) is 0 Å². The van der Waals surface area contributed by atoms with Crippen molar-refractivity contribution in [2.45, 2.75) is 39.7 Å². The van der Waals surface area contributed by atoms with Crippen molar-refractivity contribution >= 4 is 5.78 Å².